The van der Waals surface area contributed by atoms with Crippen molar-refractivity contribution < 1.29 is 20.8 Å². The molecule has 4 heteroatoms. The molecule has 0 nitrogen and oxygen atoms in total. The van der Waals surface area contributed by atoms with E-state index in [-0.39, 0.29) is 0 Å². The van der Waals surface area contributed by atoms with E-state index in [4.69, 9.17) is 17.0 Å². The van der Waals surface area contributed by atoms with Crippen molar-refractivity contribution in [1.29, 1.82) is 0 Å². The number of aryl methyl sites for hydroxylation is 2. The number of hydrogen-bond acceptors (Lipinski definition) is 0. The van der Waals surface area contributed by atoms with Gasteiger partial charge in [0, 0.05) is 9.52 Å². The molecule has 0 bridgehead atoms. The molecule has 0 atom stereocenters. The van der Waals surface area contributed by atoms with Gasteiger partial charge in [-0.05, 0) is 72.6 Å². The zero-order valence-electron chi connectivity index (χ0n) is 34.6. The van der Waals surface area contributed by atoms with Gasteiger partial charge >= 0.3 is 37.9 Å². The van der Waals surface area contributed by atoms with Crippen molar-refractivity contribution in [3.05, 3.63) is 131 Å². The second-order valence-electron chi connectivity index (χ2n) is 16.0. The first-order chi connectivity index (χ1) is 27.5. The van der Waals surface area contributed by atoms with Crippen LogP contribution in [0.5, 0.6) is 0 Å². The van der Waals surface area contributed by atoms with E-state index in [0.29, 0.717) is 0 Å². The third kappa shape index (κ3) is 12.9. The first kappa shape index (κ1) is 44.9. The van der Waals surface area contributed by atoms with Crippen molar-refractivity contribution >= 4 is 48.1 Å². The maximum absolute atomic E-state index is 4.93. The van der Waals surface area contributed by atoms with Gasteiger partial charge in [-0.2, -0.15) is 12.1 Å². The van der Waals surface area contributed by atoms with Crippen LogP contribution in [-0.2, 0) is 33.7 Å². The van der Waals surface area contributed by atoms with Crippen LogP contribution in [0.25, 0.3) is 43.8 Å². The predicted molar refractivity (Wildman–Crippen MR) is 248 cm³/mol. The van der Waals surface area contributed by atoms with E-state index in [9.17, 15) is 0 Å². The fourth-order valence-electron chi connectivity index (χ4n) is 8.89. The second-order valence-corrected chi connectivity index (χ2v) is 20.8. The van der Waals surface area contributed by atoms with Crippen molar-refractivity contribution in [3.8, 4) is 22.3 Å². The molecule has 0 heterocycles. The second kappa shape index (κ2) is 24.6. The van der Waals surface area contributed by atoms with Gasteiger partial charge in [0.2, 0.25) is 0 Å². The summed E-state index contributed by atoms with van der Waals surface area (Å²) in [6.07, 6.45) is 21.4. The van der Waals surface area contributed by atoms with Crippen LogP contribution in [0.15, 0.2) is 109 Å². The summed E-state index contributed by atoms with van der Waals surface area (Å²) >= 11 is -0.826. The molecule has 2 aliphatic rings. The molecule has 0 aliphatic heterocycles. The van der Waals surface area contributed by atoms with Crippen molar-refractivity contribution in [3.63, 3.8) is 0 Å². The monoisotopic (exact) mass is 876 g/mol. The van der Waals surface area contributed by atoms with Crippen LogP contribution in [0.4, 0.5) is 0 Å². The average Bonchev–Trinajstić information content (AvgIpc) is 3.88. The molecule has 0 spiro atoms. The SMILES string of the molecule is CCCCc1cc2c(-c3ccc(C4CCCCC4)cc3)cccc2[cH-]1.CCCCc1cc2c(-c3ccc(C4CCCCC4)cc3)cccc2[cH-]1.C[Si]C.[Cl][Zr+2][Cl]. The Kier molecular flexibility index (Phi) is 19.7. The van der Waals surface area contributed by atoms with E-state index in [2.05, 4.69) is 136 Å². The Hall–Kier alpha value is -2.22. The number of unbranched alkanes of at least 4 members (excludes halogenated alkanes) is 2. The van der Waals surface area contributed by atoms with E-state index in [1.165, 1.54) is 158 Å². The standard InChI is InChI=1S/2C25H29.C2H6Si.2ClH.Zr/c2*1-2-3-8-19-17-23-11-7-12-24(25(23)18-19)22-15-13-21(14-16-22)20-9-5-4-6-10-20;1-3-2;;;/h2*7,11-18,20H,2-6,8-10H2,1H3;1-2H3;2*1H;/q2*-1;;;;+4/p-2. The third-order valence-electron chi connectivity index (χ3n) is 11.9. The summed E-state index contributed by atoms with van der Waals surface area (Å²) in [5.41, 5.74) is 11.6. The predicted octanol–water partition coefficient (Wildman–Crippen LogP) is 17.4. The Labute approximate surface area is 361 Å². The Balaban J connectivity index is 0.000000188. The molecule has 0 amide bonds. The number of rotatable bonds is 10. The molecule has 2 fully saturated rings. The van der Waals surface area contributed by atoms with E-state index >= 15 is 0 Å². The van der Waals surface area contributed by atoms with Gasteiger partial charge in [0.15, 0.2) is 0 Å². The summed E-state index contributed by atoms with van der Waals surface area (Å²) in [7, 11) is 11.0. The van der Waals surface area contributed by atoms with E-state index in [0.717, 1.165) is 21.4 Å². The van der Waals surface area contributed by atoms with Crippen LogP contribution in [0.3, 0.4) is 0 Å². The van der Waals surface area contributed by atoms with E-state index in [1.54, 1.807) is 11.1 Å². The topological polar surface area (TPSA) is 0 Å². The molecule has 56 heavy (non-hydrogen) atoms. The third-order valence-corrected chi connectivity index (χ3v) is 11.9. The Morgan fingerprint density at radius 3 is 1.25 bits per heavy atom. The van der Waals surface area contributed by atoms with Crippen molar-refractivity contribution in [1.82, 2.24) is 0 Å². The molecule has 0 N–H and O–H groups in total. The van der Waals surface area contributed by atoms with Crippen molar-refractivity contribution in [2.45, 2.75) is 142 Å². The zero-order chi connectivity index (χ0) is 39.5. The number of halogens is 2. The van der Waals surface area contributed by atoms with Crippen molar-refractivity contribution in [2.75, 3.05) is 0 Å². The van der Waals surface area contributed by atoms with Gasteiger partial charge in [-0.3, -0.25) is 0 Å². The minimum absolute atomic E-state index is 0.790. The molecule has 2 radical (unpaired) electrons. The zero-order valence-corrected chi connectivity index (χ0v) is 39.6. The minimum atomic E-state index is -0.826. The van der Waals surface area contributed by atoms with Gasteiger partial charge < -0.3 is 0 Å². The molecule has 0 unspecified atom stereocenters. The fourth-order valence-corrected chi connectivity index (χ4v) is 8.89. The number of hydrogen-bond donors (Lipinski definition) is 0. The van der Waals surface area contributed by atoms with Gasteiger partial charge in [0.05, 0.1) is 0 Å². The van der Waals surface area contributed by atoms with Crippen LogP contribution in [0.1, 0.15) is 138 Å². The summed E-state index contributed by atoms with van der Waals surface area (Å²) in [5.74, 6) is 1.58. The van der Waals surface area contributed by atoms with Gasteiger partial charge in [0.25, 0.3) is 0 Å². The number of benzene rings is 4. The molecule has 0 saturated heterocycles. The Morgan fingerprint density at radius 2 is 0.911 bits per heavy atom. The van der Waals surface area contributed by atoms with Gasteiger partial charge in [-0.25, -0.2) is 0 Å². The molecular weight excluding hydrogens is 815 g/mol. The van der Waals surface area contributed by atoms with Gasteiger partial charge in [-0.15, -0.1) is 69.1 Å². The summed E-state index contributed by atoms with van der Waals surface area (Å²) in [6, 6.07) is 42.0. The Morgan fingerprint density at radius 1 is 0.554 bits per heavy atom. The first-order valence-corrected chi connectivity index (χ1v) is 30.0. The molecule has 8 rings (SSSR count). The van der Waals surface area contributed by atoms with Crippen LogP contribution in [0, 0.1) is 0 Å². The first-order valence-electron chi connectivity index (χ1n) is 21.6. The average molecular weight is 879 g/mol. The van der Waals surface area contributed by atoms with Crippen LogP contribution in [0.2, 0.25) is 13.1 Å². The molecule has 6 aromatic carbocycles. The molecule has 0 aromatic heterocycles. The summed E-state index contributed by atoms with van der Waals surface area (Å²) in [4.78, 5) is 0. The molecule has 6 aromatic rings. The van der Waals surface area contributed by atoms with Crippen LogP contribution >= 0.6 is 17.0 Å². The molecule has 2 aliphatic carbocycles. The quantitative estimate of drug-likeness (QED) is 0.0950. The summed E-state index contributed by atoms with van der Waals surface area (Å²) in [6.45, 7) is 8.84. The molecular formula is C52H64Cl2SiZr. The van der Waals surface area contributed by atoms with Gasteiger partial charge in [-0.1, -0.05) is 163 Å². The normalized spacial score (nSPS) is 14.5. The van der Waals surface area contributed by atoms with Crippen LogP contribution in [-0.4, -0.2) is 9.52 Å². The Bertz CT molecular complexity index is 1830. The maximum atomic E-state index is 4.93. The fraction of sp³-hybridized carbons (Fsp3) is 0.423. The van der Waals surface area contributed by atoms with Gasteiger partial charge in [0.1, 0.15) is 0 Å². The van der Waals surface area contributed by atoms with E-state index < -0.39 is 20.8 Å². The molecule has 294 valence electrons. The van der Waals surface area contributed by atoms with Crippen molar-refractivity contribution in [2.24, 2.45) is 0 Å². The van der Waals surface area contributed by atoms with Crippen LogP contribution < -0.4 is 0 Å². The summed E-state index contributed by atoms with van der Waals surface area (Å²) in [5, 5.41) is 5.61. The summed E-state index contributed by atoms with van der Waals surface area (Å²) < 4.78 is 0. The van der Waals surface area contributed by atoms with E-state index in [1.807, 2.05) is 0 Å². The molecule has 2 saturated carbocycles. The number of fused-ring (bicyclic) bond motifs is 2.